The quantitative estimate of drug-likeness (QED) is 0.556. The van der Waals surface area contributed by atoms with E-state index in [1.165, 1.54) is 63.1 Å². The van der Waals surface area contributed by atoms with Crippen LogP contribution in [0.4, 0.5) is 0 Å². The molecule has 3 unspecified atom stereocenters. The molecule has 0 bridgehead atoms. The molecule has 0 aliphatic heterocycles. The highest BCUT2D eigenvalue weighted by molar-refractivity contribution is 7.99. The Morgan fingerprint density at radius 2 is 1.90 bits per heavy atom. The maximum atomic E-state index is 3.71. The molecule has 120 valence electrons. The van der Waals surface area contributed by atoms with Crippen LogP contribution in [0, 0.1) is 23.7 Å². The summed E-state index contributed by atoms with van der Waals surface area (Å²) in [4.78, 5) is 0. The lowest BCUT2D eigenvalue weighted by Crippen LogP contribution is -2.35. The van der Waals surface area contributed by atoms with Gasteiger partial charge in [-0.05, 0) is 67.5 Å². The Kier molecular flexibility index (Phi) is 10.1. The molecule has 1 aliphatic carbocycles. The van der Waals surface area contributed by atoms with Crippen LogP contribution in [-0.2, 0) is 0 Å². The Bertz CT molecular complexity index is 229. The van der Waals surface area contributed by atoms with Crippen molar-refractivity contribution in [2.75, 3.05) is 24.6 Å². The molecule has 0 radical (unpaired) electrons. The van der Waals surface area contributed by atoms with Crippen LogP contribution in [0.3, 0.4) is 0 Å². The molecule has 0 aromatic carbocycles. The highest BCUT2D eigenvalue weighted by Gasteiger charge is 2.29. The van der Waals surface area contributed by atoms with Crippen molar-refractivity contribution in [2.45, 2.75) is 66.2 Å². The summed E-state index contributed by atoms with van der Waals surface area (Å²) in [6, 6.07) is 0. The Hall–Kier alpha value is 0.310. The molecule has 0 saturated heterocycles. The van der Waals surface area contributed by atoms with Crippen molar-refractivity contribution in [3.63, 3.8) is 0 Å². The van der Waals surface area contributed by atoms with E-state index in [9.17, 15) is 0 Å². The minimum atomic E-state index is 0.778. The van der Waals surface area contributed by atoms with Gasteiger partial charge in [-0.2, -0.15) is 11.8 Å². The highest BCUT2D eigenvalue weighted by atomic mass is 32.2. The van der Waals surface area contributed by atoms with E-state index in [1.807, 2.05) is 0 Å². The maximum absolute atomic E-state index is 3.71. The molecule has 1 rings (SSSR count). The maximum Gasteiger partial charge on any atom is -0.00177 e. The number of rotatable bonds is 10. The second-order valence-electron chi connectivity index (χ2n) is 7.03. The van der Waals surface area contributed by atoms with E-state index in [1.54, 1.807) is 0 Å². The molecule has 3 atom stereocenters. The summed E-state index contributed by atoms with van der Waals surface area (Å²) in [5.74, 6) is 6.39. The van der Waals surface area contributed by atoms with E-state index in [2.05, 4.69) is 44.8 Å². The molecule has 1 N–H and O–H groups in total. The van der Waals surface area contributed by atoms with E-state index in [-0.39, 0.29) is 0 Å². The Morgan fingerprint density at radius 1 is 1.10 bits per heavy atom. The first-order valence-corrected chi connectivity index (χ1v) is 10.1. The van der Waals surface area contributed by atoms with Crippen LogP contribution in [0.1, 0.15) is 66.2 Å². The van der Waals surface area contributed by atoms with Gasteiger partial charge < -0.3 is 5.32 Å². The second kappa shape index (κ2) is 11.0. The number of hydrogen-bond donors (Lipinski definition) is 1. The molecule has 0 heterocycles. The van der Waals surface area contributed by atoms with Crippen molar-refractivity contribution in [3.8, 4) is 0 Å². The molecule has 0 aromatic rings. The predicted molar refractivity (Wildman–Crippen MR) is 94.6 cm³/mol. The average molecular weight is 300 g/mol. The summed E-state index contributed by atoms with van der Waals surface area (Å²) in [7, 11) is 0. The molecule has 2 heteroatoms. The molecule has 1 fully saturated rings. The standard InChI is InChI=1S/C18H37NS/c1-5-7-16-8-9-18(14-19-13-15(3)4)17(12-16)10-11-20-6-2/h15-19H,5-14H2,1-4H3. The van der Waals surface area contributed by atoms with Crippen LogP contribution < -0.4 is 5.32 Å². The van der Waals surface area contributed by atoms with Crippen LogP contribution >= 0.6 is 11.8 Å². The average Bonchev–Trinajstić information content (AvgIpc) is 2.41. The molecule has 20 heavy (non-hydrogen) atoms. The summed E-state index contributed by atoms with van der Waals surface area (Å²) >= 11 is 2.13. The van der Waals surface area contributed by atoms with Gasteiger partial charge in [0, 0.05) is 0 Å². The zero-order valence-electron chi connectivity index (χ0n) is 14.3. The normalized spacial score (nSPS) is 27.1. The molecule has 1 aliphatic rings. The van der Waals surface area contributed by atoms with Crippen LogP contribution in [0.25, 0.3) is 0 Å². The number of thioether (sulfide) groups is 1. The summed E-state index contributed by atoms with van der Waals surface area (Å²) in [6.45, 7) is 11.7. The first kappa shape index (κ1) is 18.4. The van der Waals surface area contributed by atoms with Crippen LogP contribution in [0.5, 0.6) is 0 Å². The van der Waals surface area contributed by atoms with Crippen LogP contribution in [0.15, 0.2) is 0 Å². The van der Waals surface area contributed by atoms with Crippen molar-refractivity contribution in [3.05, 3.63) is 0 Å². The van der Waals surface area contributed by atoms with Gasteiger partial charge in [0.05, 0.1) is 0 Å². The largest absolute Gasteiger partial charge is 0.316 e. The third-order valence-electron chi connectivity index (χ3n) is 4.74. The number of nitrogens with one attached hydrogen (secondary N) is 1. The molecule has 0 amide bonds. The van der Waals surface area contributed by atoms with Gasteiger partial charge in [0.2, 0.25) is 0 Å². The summed E-state index contributed by atoms with van der Waals surface area (Å²) < 4.78 is 0. The van der Waals surface area contributed by atoms with Gasteiger partial charge in [-0.3, -0.25) is 0 Å². The first-order valence-electron chi connectivity index (χ1n) is 8.95. The zero-order chi connectivity index (χ0) is 14.8. The van der Waals surface area contributed by atoms with E-state index < -0.39 is 0 Å². The van der Waals surface area contributed by atoms with Gasteiger partial charge >= 0.3 is 0 Å². The van der Waals surface area contributed by atoms with Gasteiger partial charge in [0.1, 0.15) is 0 Å². The Morgan fingerprint density at radius 3 is 2.55 bits per heavy atom. The molecule has 1 saturated carbocycles. The lowest BCUT2D eigenvalue weighted by atomic mass is 9.71. The molecule has 0 aromatic heterocycles. The highest BCUT2D eigenvalue weighted by Crippen LogP contribution is 2.38. The molecule has 1 nitrogen and oxygen atoms in total. The lowest BCUT2D eigenvalue weighted by molar-refractivity contribution is 0.164. The van der Waals surface area contributed by atoms with E-state index in [4.69, 9.17) is 0 Å². The lowest BCUT2D eigenvalue weighted by Gasteiger charge is -2.36. The second-order valence-corrected chi connectivity index (χ2v) is 8.42. The fourth-order valence-corrected chi connectivity index (χ4v) is 4.41. The van der Waals surface area contributed by atoms with Crippen molar-refractivity contribution >= 4 is 11.8 Å². The fourth-order valence-electron chi connectivity index (χ4n) is 3.65. The van der Waals surface area contributed by atoms with Crippen LogP contribution in [-0.4, -0.2) is 24.6 Å². The van der Waals surface area contributed by atoms with Gasteiger partial charge in [-0.25, -0.2) is 0 Å². The van der Waals surface area contributed by atoms with E-state index in [0.717, 1.165) is 23.7 Å². The predicted octanol–water partition coefficient (Wildman–Crippen LogP) is 5.21. The van der Waals surface area contributed by atoms with Crippen molar-refractivity contribution in [1.29, 1.82) is 0 Å². The summed E-state index contributed by atoms with van der Waals surface area (Å²) in [5.41, 5.74) is 0. The van der Waals surface area contributed by atoms with Gasteiger partial charge in [0.25, 0.3) is 0 Å². The topological polar surface area (TPSA) is 12.0 Å². The minimum Gasteiger partial charge on any atom is -0.316 e. The summed E-state index contributed by atoms with van der Waals surface area (Å²) in [6.07, 6.45) is 8.75. The summed E-state index contributed by atoms with van der Waals surface area (Å²) in [5, 5.41) is 3.71. The van der Waals surface area contributed by atoms with Gasteiger partial charge in [0.15, 0.2) is 0 Å². The van der Waals surface area contributed by atoms with E-state index in [0.29, 0.717) is 0 Å². The van der Waals surface area contributed by atoms with E-state index >= 15 is 0 Å². The molecular weight excluding hydrogens is 262 g/mol. The molecular formula is C18H37NS. The Labute approximate surface area is 132 Å². The SMILES string of the molecule is CCCC1CCC(CNCC(C)C)C(CCSCC)C1. The van der Waals surface area contributed by atoms with Gasteiger partial charge in [-0.15, -0.1) is 0 Å². The minimum absolute atomic E-state index is 0.778. The molecule has 0 spiro atoms. The first-order chi connectivity index (χ1) is 9.67. The Balaban J connectivity index is 2.38. The third kappa shape index (κ3) is 7.36. The van der Waals surface area contributed by atoms with Crippen molar-refractivity contribution in [2.24, 2.45) is 23.7 Å². The number of hydrogen-bond acceptors (Lipinski definition) is 2. The third-order valence-corrected chi connectivity index (χ3v) is 5.67. The van der Waals surface area contributed by atoms with Crippen LogP contribution in [0.2, 0.25) is 0 Å². The zero-order valence-corrected chi connectivity index (χ0v) is 15.1. The van der Waals surface area contributed by atoms with Gasteiger partial charge in [-0.1, -0.05) is 47.0 Å². The fraction of sp³-hybridized carbons (Fsp3) is 1.00. The monoisotopic (exact) mass is 299 g/mol. The van der Waals surface area contributed by atoms with Crippen molar-refractivity contribution in [1.82, 2.24) is 5.32 Å². The van der Waals surface area contributed by atoms with Crippen molar-refractivity contribution < 1.29 is 0 Å². The smallest absolute Gasteiger partial charge is 0.00177 e.